The smallest absolute Gasteiger partial charge is 0.259 e. The number of anilines is 3. The molecule has 34 heavy (non-hydrogen) atoms. The van der Waals surface area contributed by atoms with Crippen molar-refractivity contribution in [2.24, 2.45) is 0 Å². The number of methoxy groups -OCH3 is 2. The van der Waals surface area contributed by atoms with Gasteiger partial charge in [-0.25, -0.2) is 9.97 Å². The summed E-state index contributed by atoms with van der Waals surface area (Å²) in [6.07, 6.45) is 4.66. The Bertz CT molecular complexity index is 1120. The number of hydrogen-bond donors (Lipinski definition) is 3. The summed E-state index contributed by atoms with van der Waals surface area (Å²) in [4.78, 5) is 35.4. The molecule has 0 fully saturated rings. The average Bonchev–Trinajstić information content (AvgIpc) is 3.17. The minimum Gasteiger partial charge on any atom is -0.493 e. The van der Waals surface area contributed by atoms with Gasteiger partial charge >= 0.3 is 0 Å². The SMILES string of the molecule is COc1cc2cc(c1OC)OCCCC(=O)N(C)CCCNc1ncnc3c1/C(=C/N2)C(=O)N3. The van der Waals surface area contributed by atoms with Crippen LogP contribution in [0.4, 0.5) is 17.3 Å². The molecule has 3 N–H and O–H groups in total. The molecule has 0 saturated heterocycles. The first kappa shape index (κ1) is 23.1. The summed E-state index contributed by atoms with van der Waals surface area (Å²) >= 11 is 0. The maximum absolute atomic E-state index is 12.7. The molecule has 2 aliphatic heterocycles. The molecule has 2 bridgehead atoms. The summed E-state index contributed by atoms with van der Waals surface area (Å²) in [5.74, 6) is 2.12. The Morgan fingerprint density at radius 2 is 1.91 bits per heavy atom. The van der Waals surface area contributed by atoms with E-state index in [-0.39, 0.29) is 11.8 Å². The second kappa shape index (κ2) is 10.3. The zero-order chi connectivity index (χ0) is 24.1. The predicted molar refractivity (Wildman–Crippen MR) is 127 cm³/mol. The number of carbonyl (C=O) groups excluding carboxylic acids is 2. The first-order chi connectivity index (χ1) is 16.5. The van der Waals surface area contributed by atoms with Gasteiger partial charge in [-0.1, -0.05) is 0 Å². The van der Waals surface area contributed by atoms with E-state index in [1.807, 2.05) is 0 Å². The highest BCUT2D eigenvalue weighted by Gasteiger charge is 2.29. The van der Waals surface area contributed by atoms with E-state index in [0.717, 1.165) is 6.42 Å². The Labute approximate surface area is 197 Å². The average molecular weight is 469 g/mol. The number of fused-ring (bicyclic) bond motifs is 2. The summed E-state index contributed by atoms with van der Waals surface area (Å²) < 4.78 is 16.9. The van der Waals surface area contributed by atoms with E-state index in [1.165, 1.54) is 20.5 Å². The first-order valence-corrected chi connectivity index (χ1v) is 11.0. The van der Waals surface area contributed by atoms with Crippen molar-refractivity contribution in [2.75, 3.05) is 56.9 Å². The topological polar surface area (TPSA) is 127 Å². The third-order valence-corrected chi connectivity index (χ3v) is 5.60. The van der Waals surface area contributed by atoms with E-state index >= 15 is 0 Å². The van der Waals surface area contributed by atoms with Crippen LogP contribution in [0.15, 0.2) is 24.7 Å². The Kier molecular flexibility index (Phi) is 7.00. The van der Waals surface area contributed by atoms with Crippen LogP contribution in [-0.4, -0.2) is 67.6 Å². The Morgan fingerprint density at radius 1 is 1.09 bits per heavy atom. The van der Waals surface area contributed by atoms with Crippen LogP contribution in [0.5, 0.6) is 17.2 Å². The quantitative estimate of drug-likeness (QED) is 0.608. The minimum absolute atomic E-state index is 0.0487. The van der Waals surface area contributed by atoms with Gasteiger partial charge in [0.25, 0.3) is 5.91 Å². The van der Waals surface area contributed by atoms with Gasteiger partial charge in [0.15, 0.2) is 11.5 Å². The van der Waals surface area contributed by atoms with Gasteiger partial charge in [0.1, 0.15) is 18.0 Å². The predicted octanol–water partition coefficient (Wildman–Crippen LogP) is 2.33. The second-order valence-corrected chi connectivity index (χ2v) is 7.86. The molecule has 0 aliphatic carbocycles. The van der Waals surface area contributed by atoms with Crippen LogP contribution in [0.2, 0.25) is 0 Å². The van der Waals surface area contributed by atoms with Crippen LogP contribution in [-0.2, 0) is 9.59 Å². The molecule has 2 amide bonds. The van der Waals surface area contributed by atoms with Crippen LogP contribution < -0.4 is 30.2 Å². The monoisotopic (exact) mass is 468 g/mol. The zero-order valence-corrected chi connectivity index (χ0v) is 19.4. The summed E-state index contributed by atoms with van der Waals surface area (Å²) in [6, 6.07) is 3.50. The van der Waals surface area contributed by atoms with Gasteiger partial charge in [0, 0.05) is 50.6 Å². The number of ether oxygens (including phenoxy) is 3. The van der Waals surface area contributed by atoms with Crippen molar-refractivity contribution >= 4 is 34.7 Å². The van der Waals surface area contributed by atoms with E-state index < -0.39 is 0 Å². The fourth-order valence-corrected chi connectivity index (χ4v) is 3.82. The highest BCUT2D eigenvalue weighted by molar-refractivity contribution is 6.32. The lowest BCUT2D eigenvalue weighted by molar-refractivity contribution is -0.130. The van der Waals surface area contributed by atoms with Gasteiger partial charge in [-0.3, -0.25) is 9.59 Å². The molecule has 180 valence electrons. The molecule has 0 unspecified atom stereocenters. The van der Waals surface area contributed by atoms with E-state index in [1.54, 1.807) is 30.3 Å². The van der Waals surface area contributed by atoms with Crippen molar-refractivity contribution in [2.45, 2.75) is 19.3 Å². The molecule has 1 aromatic heterocycles. The second-order valence-electron chi connectivity index (χ2n) is 7.86. The molecule has 2 aliphatic rings. The molecule has 2 aromatic rings. The lowest BCUT2D eigenvalue weighted by atomic mass is 10.1. The fraction of sp³-hybridized carbons (Fsp3) is 0.391. The third kappa shape index (κ3) is 4.82. The molecule has 3 heterocycles. The van der Waals surface area contributed by atoms with Gasteiger partial charge in [-0.15, -0.1) is 0 Å². The Morgan fingerprint density at radius 3 is 2.71 bits per heavy atom. The number of aromatic nitrogens is 2. The molecular formula is C23H28N6O5. The number of nitrogens with zero attached hydrogens (tertiary/aromatic N) is 3. The normalized spacial score (nSPS) is 18.1. The number of rotatable bonds is 2. The summed E-state index contributed by atoms with van der Waals surface area (Å²) in [6.45, 7) is 1.51. The van der Waals surface area contributed by atoms with E-state index in [0.29, 0.717) is 78.2 Å². The molecule has 0 atom stereocenters. The minimum atomic E-state index is -0.289. The third-order valence-electron chi connectivity index (χ3n) is 5.60. The lowest BCUT2D eigenvalue weighted by Gasteiger charge is -2.19. The highest BCUT2D eigenvalue weighted by Crippen LogP contribution is 2.41. The van der Waals surface area contributed by atoms with Crippen molar-refractivity contribution in [1.29, 1.82) is 0 Å². The van der Waals surface area contributed by atoms with Gasteiger partial charge in [-0.05, 0) is 12.8 Å². The molecule has 11 nitrogen and oxygen atoms in total. The van der Waals surface area contributed by atoms with Crippen molar-refractivity contribution < 1.29 is 23.8 Å². The number of hydrogen-bond acceptors (Lipinski definition) is 9. The van der Waals surface area contributed by atoms with Gasteiger partial charge in [-0.2, -0.15) is 0 Å². The van der Waals surface area contributed by atoms with Crippen LogP contribution in [0.25, 0.3) is 5.57 Å². The Balaban J connectivity index is 1.71. The molecule has 1 aromatic carbocycles. The lowest BCUT2D eigenvalue weighted by Crippen LogP contribution is -2.29. The largest absolute Gasteiger partial charge is 0.493 e. The van der Waals surface area contributed by atoms with Gasteiger partial charge in [0.05, 0.1) is 32.0 Å². The fourth-order valence-electron chi connectivity index (χ4n) is 3.82. The number of benzene rings is 1. The van der Waals surface area contributed by atoms with Crippen LogP contribution in [0.3, 0.4) is 0 Å². The molecule has 0 spiro atoms. The molecular weight excluding hydrogens is 440 g/mol. The van der Waals surface area contributed by atoms with Gasteiger partial charge in [0.2, 0.25) is 11.7 Å². The van der Waals surface area contributed by atoms with Crippen molar-refractivity contribution in [1.82, 2.24) is 14.9 Å². The maximum Gasteiger partial charge on any atom is 0.259 e. The van der Waals surface area contributed by atoms with Crippen LogP contribution >= 0.6 is 0 Å². The zero-order valence-electron chi connectivity index (χ0n) is 19.4. The van der Waals surface area contributed by atoms with E-state index in [4.69, 9.17) is 14.2 Å². The number of amides is 2. The Hall–Kier alpha value is -4.02. The molecule has 4 rings (SSSR count). The highest BCUT2D eigenvalue weighted by atomic mass is 16.5. The van der Waals surface area contributed by atoms with Crippen molar-refractivity contribution in [3.05, 3.63) is 30.2 Å². The van der Waals surface area contributed by atoms with E-state index in [9.17, 15) is 9.59 Å². The van der Waals surface area contributed by atoms with Crippen molar-refractivity contribution in [3.63, 3.8) is 0 Å². The number of nitrogens with one attached hydrogen (secondary N) is 3. The molecule has 11 heteroatoms. The van der Waals surface area contributed by atoms with Crippen LogP contribution in [0.1, 0.15) is 24.8 Å². The molecule has 0 radical (unpaired) electrons. The molecule has 0 saturated carbocycles. The number of carbonyl (C=O) groups is 2. The maximum atomic E-state index is 12.7. The summed E-state index contributed by atoms with van der Waals surface area (Å²) in [5.41, 5.74) is 1.61. The summed E-state index contributed by atoms with van der Waals surface area (Å²) in [5, 5.41) is 9.19. The van der Waals surface area contributed by atoms with Crippen molar-refractivity contribution in [3.8, 4) is 17.2 Å². The first-order valence-electron chi connectivity index (χ1n) is 11.0. The summed E-state index contributed by atoms with van der Waals surface area (Å²) in [7, 11) is 4.86. The van der Waals surface area contributed by atoms with Crippen LogP contribution in [0, 0.1) is 0 Å². The standard InChI is InChI=1S/C23H28N6O5/c1-29-8-5-7-24-21-19-15(23(31)28-22(19)27-13-26-21)12-25-14-10-16(32-2)20(33-3)17(11-14)34-9-4-6-18(29)30/h10-13,25H,4-9H2,1-3H3,(H2,24,26,27,28,31)/b15-12-. The van der Waals surface area contributed by atoms with E-state index in [2.05, 4.69) is 25.9 Å². The van der Waals surface area contributed by atoms with Gasteiger partial charge < -0.3 is 35.1 Å².